The number of aromatic nitrogens is 2. The zero-order valence-corrected chi connectivity index (χ0v) is 9.87. The molecule has 0 atom stereocenters. The third kappa shape index (κ3) is 3.38. The Labute approximate surface area is 91.1 Å². The summed E-state index contributed by atoms with van der Waals surface area (Å²) in [6.45, 7) is 6.18. The van der Waals surface area contributed by atoms with Crippen molar-refractivity contribution in [2.75, 3.05) is 12.4 Å². The Kier molecular flexibility index (Phi) is 4.34. The van der Waals surface area contributed by atoms with Crippen LogP contribution in [0.3, 0.4) is 0 Å². The number of methoxy groups -OCH3 is 1. The fourth-order valence-electron chi connectivity index (χ4n) is 1.42. The van der Waals surface area contributed by atoms with Crippen molar-refractivity contribution in [2.45, 2.75) is 39.7 Å². The number of hydrogen-bond acceptors (Lipinski definition) is 4. The molecule has 0 aliphatic rings. The van der Waals surface area contributed by atoms with Crippen LogP contribution in [0.1, 0.15) is 32.5 Å². The average molecular weight is 209 g/mol. The Morgan fingerprint density at radius 1 is 1.33 bits per heavy atom. The third-order valence-electron chi connectivity index (χ3n) is 2.36. The van der Waals surface area contributed by atoms with Gasteiger partial charge < -0.3 is 10.1 Å². The van der Waals surface area contributed by atoms with Gasteiger partial charge in [0.2, 0.25) is 5.88 Å². The molecular weight excluding hydrogens is 190 g/mol. The minimum absolute atomic E-state index is 0.462. The maximum Gasteiger partial charge on any atom is 0.218 e. The van der Waals surface area contributed by atoms with E-state index in [0.717, 1.165) is 24.5 Å². The summed E-state index contributed by atoms with van der Waals surface area (Å²) in [6.07, 6.45) is 2.17. The highest BCUT2D eigenvalue weighted by Crippen LogP contribution is 2.15. The highest BCUT2D eigenvalue weighted by molar-refractivity contribution is 5.39. The fourth-order valence-corrected chi connectivity index (χ4v) is 1.42. The van der Waals surface area contributed by atoms with Gasteiger partial charge in [0.15, 0.2) is 0 Å². The quantitative estimate of drug-likeness (QED) is 0.809. The van der Waals surface area contributed by atoms with Gasteiger partial charge in [-0.25, -0.2) is 4.98 Å². The average Bonchev–Trinajstić information content (AvgIpc) is 2.25. The summed E-state index contributed by atoms with van der Waals surface area (Å²) in [7, 11) is 1.61. The summed E-state index contributed by atoms with van der Waals surface area (Å²) in [5, 5.41) is 3.36. The molecule has 1 heterocycles. The lowest BCUT2D eigenvalue weighted by atomic mass is 10.2. The highest BCUT2D eigenvalue weighted by Gasteiger charge is 2.06. The zero-order chi connectivity index (χ0) is 11.3. The van der Waals surface area contributed by atoms with E-state index >= 15 is 0 Å². The molecule has 0 amide bonds. The normalized spacial score (nSPS) is 10.5. The smallest absolute Gasteiger partial charge is 0.218 e. The van der Waals surface area contributed by atoms with Crippen LogP contribution >= 0.6 is 0 Å². The number of anilines is 1. The summed E-state index contributed by atoms with van der Waals surface area (Å²) < 4.78 is 5.09. The summed E-state index contributed by atoms with van der Waals surface area (Å²) in [5.74, 6) is 2.17. The molecule has 1 aromatic rings. The topological polar surface area (TPSA) is 47.0 Å². The van der Waals surface area contributed by atoms with Crippen molar-refractivity contribution >= 4 is 5.82 Å². The fraction of sp³-hybridized carbons (Fsp3) is 0.636. The lowest BCUT2D eigenvalue weighted by molar-refractivity contribution is 0.395. The first-order valence-corrected chi connectivity index (χ1v) is 5.35. The van der Waals surface area contributed by atoms with Crippen LogP contribution in [0.15, 0.2) is 6.07 Å². The number of ether oxygens (including phenoxy) is 1. The van der Waals surface area contributed by atoms with E-state index in [1.54, 1.807) is 7.11 Å². The van der Waals surface area contributed by atoms with Crippen LogP contribution in [0.5, 0.6) is 5.88 Å². The minimum atomic E-state index is 0.462. The molecule has 0 fully saturated rings. The largest absolute Gasteiger partial charge is 0.481 e. The molecule has 15 heavy (non-hydrogen) atoms. The summed E-state index contributed by atoms with van der Waals surface area (Å²) in [4.78, 5) is 8.45. The van der Waals surface area contributed by atoms with Gasteiger partial charge in [-0.3, -0.25) is 0 Å². The van der Waals surface area contributed by atoms with Gasteiger partial charge in [-0.05, 0) is 19.8 Å². The van der Waals surface area contributed by atoms with Gasteiger partial charge in [0.1, 0.15) is 11.6 Å². The molecule has 84 valence electrons. The Hall–Kier alpha value is -1.32. The second kappa shape index (κ2) is 5.53. The number of rotatable bonds is 5. The van der Waals surface area contributed by atoms with Crippen LogP contribution < -0.4 is 10.1 Å². The van der Waals surface area contributed by atoms with E-state index in [-0.39, 0.29) is 0 Å². The number of aryl methyl sites for hydroxylation is 1. The van der Waals surface area contributed by atoms with Crippen LogP contribution in [0.25, 0.3) is 0 Å². The Morgan fingerprint density at radius 3 is 2.53 bits per heavy atom. The van der Waals surface area contributed by atoms with Crippen LogP contribution in [0.4, 0.5) is 5.82 Å². The van der Waals surface area contributed by atoms with Crippen molar-refractivity contribution in [3.63, 3.8) is 0 Å². The summed E-state index contributed by atoms with van der Waals surface area (Å²) in [5.41, 5.74) is 0. The molecule has 4 heteroatoms. The van der Waals surface area contributed by atoms with Gasteiger partial charge in [-0.1, -0.05) is 13.8 Å². The first-order valence-electron chi connectivity index (χ1n) is 5.35. The number of hydrogen-bond donors (Lipinski definition) is 1. The van der Waals surface area contributed by atoms with E-state index in [4.69, 9.17) is 4.74 Å². The minimum Gasteiger partial charge on any atom is -0.481 e. The zero-order valence-electron chi connectivity index (χ0n) is 9.87. The van der Waals surface area contributed by atoms with E-state index < -0.39 is 0 Å². The molecule has 0 saturated carbocycles. The van der Waals surface area contributed by atoms with Crippen LogP contribution in [0, 0.1) is 6.92 Å². The maximum absolute atomic E-state index is 5.09. The molecule has 0 unspecified atom stereocenters. The molecule has 1 aromatic heterocycles. The molecule has 0 aromatic carbocycles. The summed E-state index contributed by atoms with van der Waals surface area (Å²) in [6, 6.07) is 2.29. The van der Waals surface area contributed by atoms with E-state index in [1.165, 1.54) is 0 Å². The maximum atomic E-state index is 5.09. The Morgan fingerprint density at radius 2 is 2.00 bits per heavy atom. The van der Waals surface area contributed by atoms with Crippen molar-refractivity contribution < 1.29 is 4.74 Å². The van der Waals surface area contributed by atoms with Crippen LogP contribution in [-0.2, 0) is 0 Å². The molecular formula is C11H19N3O. The first kappa shape index (κ1) is 11.8. The van der Waals surface area contributed by atoms with Gasteiger partial charge in [-0.15, -0.1) is 0 Å². The van der Waals surface area contributed by atoms with E-state index in [9.17, 15) is 0 Å². The lowest BCUT2D eigenvalue weighted by Crippen LogP contribution is -2.18. The predicted molar refractivity (Wildman–Crippen MR) is 61.3 cm³/mol. The third-order valence-corrected chi connectivity index (χ3v) is 2.36. The molecule has 4 nitrogen and oxygen atoms in total. The van der Waals surface area contributed by atoms with E-state index in [0.29, 0.717) is 11.9 Å². The Bertz CT molecular complexity index is 311. The van der Waals surface area contributed by atoms with Gasteiger partial charge in [0.05, 0.1) is 7.11 Å². The van der Waals surface area contributed by atoms with Crippen molar-refractivity contribution in [1.82, 2.24) is 9.97 Å². The van der Waals surface area contributed by atoms with Gasteiger partial charge in [0, 0.05) is 12.1 Å². The second-order valence-corrected chi connectivity index (χ2v) is 3.50. The molecule has 1 rings (SSSR count). The SMILES string of the molecule is CCC(CC)Nc1cc(OC)nc(C)n1. The number of nitrogens with one attached hydrogen (secondary N) is 1. The van der Waals surface area contributed by atoms with Gasteiger partial charge in [0.25, 0.3) is 0 Å². The molecule has 0 spiro atoms. The molecule has 1 N–H and O–H groups in total. The van der Waals surface area contributed by atoms with E-state index in [1.807, 2.05) is 13.0 Å². The van der Waals surface area contributed by atoms with Crippen molar-refractivity contribution in [3.05, 3.63) is 11.9 Å². The molecule has 0 radical (unpaired) electrons. The Balaban J connectivity index is 2.79. The van der Waals surface area contributed by atoms with Crippen molar-refractivity contribution in [2.24, 2.45) is 0 Å². The highest BCUT2D eigenvalue weighted by atomic mass is 16.5. The predicted octanol–water partition coefficient (Wildman–Crippen LogP) is 2.39. The standard InChI is InChI=1S/C11H19N3O/c1-5-9(6-2)14-10-7-11(15-4)13-8(3)12-10/h7,9H,5-6H2,1-4H3,(H,12,13,14). The second-order valence-electron chi connectivity index (χ2n) is 3.50. The van der Waals surface area contributed by atoms with Gasteiger partial charge >= 0.3 is 0 Å². The van der Waals surface area contributed by atoms with Crippen LogP contribution in [0.2, 0.25) is 0 Å². The monoisotopic (exact) mass is 209 g/mol. The molecule has 0 aliphatic heterocycles. The molecule has 0 bridgehead atoms. The number of nitrogens with zero attached hydrogens (tertiary/aromatic N) is 2. The van der Waals surface area contributed by atoms with Crippen molar-refractivity contribution in [1.29, 1.82) is 0 Å². The molecule has 0 saturated heterocycles. The lowest BCUT2D eigenvalue weighted by Gasteiger charge is -2.15. The van der Waals surface area contributed by atoms with Gasteiger partial charge in [-0.2, -0.15) is 4.98 Å². The molecule has 0 aliphatic carbocycles. The van der Waals surface area contributed by atoms with Crippen molar-refractivity contribution in [3.8, 4) is 5.88 Å². The van der Waals surface area contributed by atoms with E-state index in [2.05, 4.69) is 29.1 Å². The first-order chi connectivity index (χ1) is 7.19. The summed E-state index contributed by atoms with van der Waals surface area (Å²) >= 11 is 0. The van der Waals surface area contributed by atoms with Crippen LogP contribution in [-0.4, -0.2) is 23.1 Å².